The summed E-state index contributed by atoms with van der Waals surface area (Å²) in [6.07, 6.45) is 18.1. The van der Waals surface area contributed by atoms with E-state index in [0.717, 1.165) is 147 Å². The predicted octanol–water partition coefficient (Wildman–Crippen LogP) is 19.5. The summed E-state index contributed by atoms with van der Waals surface area (Å²) >= 11 is 0. The standard InChI is InChI=1S/C76H56N6/c77-33-47-27-55-69(65-43-19-11-39(12-20-43)59(47)65)53-31-51(63(37-7-3-1-4-8-37)73-71-57(81(55)75(53)73)29-49(35-79)61-41-15-23-45(24-16-41)67(61)71)52-32-54-70-56(28-48(34-78)60-40-13-21-44(22-14-40)66(60)70)82-58-30-50(36-80)62-42-17-25-46(26-18-42)68(62)72(58)74(76(54)82)64(52)38-9-5-2-6-10-38/h1-10,27-32,39-46H,11-26H2. The highest BCUT2D eigenvalue weighted by molar-refractivity contribution is 6.34. The molecule has 12 aliphatic rings. The van der Waals surface area contributed by atoms with Gasteiger partial charge in [0.05, 0.1) is 79.6 Å². The molecule has 0 N–H and O–H groups in total. The number of aromatic nitrogens is 2. The van der Waals surface area contributed by atoms with Gasteiger partial charge in [-0.25, -0.2) is 0 Å². The Bertz CT molecular complexity index is 4800. The van der Waals surface area contributed by atoms with Crippen LogP contribution in [0, 0.1) is 45.3 Å². The minimum atomic E-state index is 0.359. The zero-order chi connectivity index (χ0) is 53.7. The lowest BCUT2D eigenvalue weighted by molar-refractivity contribution is 0.360. The topological polar surface area (TPSA) is 104 Å². The minimum absolute atomic E-state index is 0.359. The van der Waals surface area contributed by atoms with Gasteiger partial charge < -0.3 is 8.80 Å². The third kappa shape index (κ3) is 5.24. The number of nitrogens with zero attached hydrogens (tertiary/aromatic N) is 6. The van der Waals surface area contributed by atoms with Crippen molar-refractivity contribution >= 4 is 76.2 Å². The van der Waals surface area contributed by atoms with Gasteiger partial charge in [0.25, 0.3) is 0 Å². The van der Waals surface area contributed by atoms with Crippen molar-refractivity contribution in [2.45, 2.75) is 150 Å². The maximum absolute atomic E-state index is 11.3. The third-order valence-corrected chi connectivity index (χ3v) is 23.7. The molecular weight excluding hydrogens is 997 g/mol. The molecule has 4 aromatic heterocycles. The Morgan fingerprint density at radius 3 is 0.829 bits per heavy atom. The SMILES string of the molecule is N#Cc1cc2c(c3c1C1CCC3CC1)c1cc(-c3cc4c5c6c(c(C#N)cc5n5c7cc(C#N)c8c(c7c(c3-c3ccccc3)c45)C3CCC8CC3)C3CCC6CC3)c(-c3ccccc3)c3c4c5c(c(C#N)cc4n2c13)C1CCC5CC1. The molecule has 24 rings (SSSR count). The van der Waals surface area contributed by atoms with Crippen molar-refractivity contribution in [1.82, 2.24) is 8.80 Å². The molecule has 4 heterocycles. The highest BCUT2D eigenvalue weighted by Gasteiger charge is 2.45. The van der Waals surface area contributed by atoms with Gasteiger partial charge in [0.2, 0.25) is 0 Å². The summed E-state index contributed by atoms with van der Waals surface area (Å²) in [5.41, 5.74) is 28.3. The first-order chi connectivity index (χ1) is 40.5. The second-order valence-electron chi connectivity index (χ2n) is 26.8. The monoisotopic (exact) mass is 1050 g/mol. The quantitative estimate of drug-likeness (QED) is 0.176. The Kier molecular flexibility index (Phi) is 8.59. The van der Waals surface area contributed by atoms with Crippen LogP contribution in [0.15, 0.2) is 97.1 Å². The Hall–Kier alpha value is -8.68. The molecule has 12 aliphatic carbocycles. The maximum Gasteiger partial charge on any atom is 0.0995 e. The van der Waals surface area contributed by atoms with Crippen molar-refractivity contribution in [3.63, 3.8) is 0 Å². The fourth-order valence-electron chi connectivity index (χ4n) is 20.8. The van der Waals surface area contributed by atoms with Gasteiger partial charge in [-0.15, -0.1) is 0 Å². The van der Waals surface area contributed by atoms with Gasteiger partial charge in [-0.3, -0.25) is 0 Å². The molecule has 0 amide bonds. The first kappa shape index (κ1) is 45.0. The molecule has 6 heteroatoms. The van der Waals surface area contributed by atoms with Crippen LogP contribution in [0.2, 0.25) is 0 Å². The highest BCUT2D eigenvalue weighted by atomic mass is 14.9. The Morgan fingerprint density at radius 1 is 0.293 bits per heavy atom. The lowest BCUT2D eigenvalue weighted by Gasteiger charge is -2.40. The van der Waals surface area contributed by atoms with Gasteiger partial charge in [0.1, 0.15) is 0 Å². The summed E-state index contributed by atoms with van der Waals surface area (Å²) < 4.78 is 5.09. The molecule has 0 unspecified atom stereocenters. The molecule has 390 valence electrons. The molecule has 82 heavy (non-hydrogen) atoms. The number of fused-ring (bicyclic) bond motifs is 20. The molecule has 0 spiro atoms. The number of hydrogen-bond acceptors (Lipinski definition) is 4. The maximum atomic E-state index is 11.3. The van der Waals surface area contributed by atoms with E-state index in [-0.39, 0.29) is 0 Å². The number of benzene rings is 8. The van der Waals surface area contributed by atoms with Crippen LogP contribution in [0.4, 0.5) is 0 Å². The summed E-state index contributed by atoms with van der Waals surface area (Å²) in [6, 6.07) is 48.1. The van der Waals surface area contributed by atoms with Crippen molar-refractivity contribution in [3.8, 4) is 57.7 Å². The van der Waals surface area contributed by atoms with Crippen LogP contribution in [0.25, 0.3) is 110 Å². The fourth-order valence-corrected chi connectivity index (χ4v) is 20.8. The largest absolute Gasteiger partial charge is 0.308 e. The lowest BCUT2D eigenvalue weighted by atomic mass is 9.64. The normalized spacial score (nSPS) is 24.5. The predicted molar refractivity (Wildman–Crippen MR) is 327 cm³/mol. The molecule has 0 radical (unpaired) electrons. The van der Waals surface area contributed by atoms with E-state index < -0.39 is 0 Å². The molecule has 8 bridgehead atoms. The molecule has 6 nitrogen and oxygen atoms in total. The lowest BCUT2D eigenvalue weighted by Crippen LogP contribution is -2.23. The number of nitriles is 4. The van der Waals surface area contributed by atoms with Crippen molar-refractivity contribution in [1.29, 1.82) is 21.0 Å². The van der Waals surface area contributed by atoms with E-state index in [1.165, 1.54) is 132 Å². The van der Waals surface area contributed by atoms with Crippen molar-refractivity contribution in [2.75, 3.05) is 0 Å². The Balaban J connectivity index is 1.07. The number of hydrogen-bond donors (Lipinski definition) is 0. The van der Waals surface area contributed by atoms with Gasteiger partial charge in [0, 0.05) is 43.1 Å². The van der Waals surface area contributed by atoms with Crippen LogP contribution in [0.3, 0.4) is 0 Å². The van der Waals surface area contributed by atoms with Crippen LogP contribution in [-0.4, -0.2) is 8.80 Å². The van der Waals surface area contributed by atoms with E-state index in [4.69, 9.17) is 0 Å². The van der Waals surface area contributed by atoms with Gasteiger partial charge in [-0.05, 0) is 264 Å². The molecule has 12 aromatic rings. The van der Waals surface area contributed by atoms with Gasteiger partial charge in [-0.2, -0.15) is 21.0 Å². The van der Waals surface area contributed by atoms with Crippen LogP contribution in [-0.2, 0) is 0 Å². The molecule has 4 fully saturated rings. The Morgan fingerprint density at radius 2 is 0.549 bits per heavy atom. The summed E-state index contributed by atoms with van der Waals surface area (Å²) in [4.78, 5) is 0. The van der Waals surface area contributed by atoms with Crippen molar-refractivity contribution < 1.29 is 0 Å². The second-order valence-corrected chi connectivity index (χ2v) is 26.8. The van der Waals surface area contributed by atoms with Crippen LogP contribution in [0.5, 0.6) is 0 Å². The average molecular weight is 1050 g/mol. The van der Waals surface area contributed by atoms with Crippen molar-refractivity contribution in [3.05, 3.63) is 164 Å². The molecule has 4 saturated carbocycles. The molecule has 0 aliphatic heterocycles. The summed E-state index contributed by atoms with van der Waals surface area (Å²) in [5.74, 6) is 2.95. The zero-order valence-corrected chi connectivity index (χ0v) is 45.9. The first-order valence-corrected chi connectivity index (χ1v) is 31.1. The van der Waals surface area contributed by atoms with E-state index in [1.54, 1.807) is 0 Å². The second kappa shape index (κ2) is 15.6. The smallest absolute Gasteiger partial charge is 0.0995 e. The van der Waals surface area contributed by atoms with E-state index in [0.29, 0.717) is 47.3 Å². The molecular formula is C76H56N6. The average Bonchev–Trinajstić information content (AvgIpc) is 1.69. The third-order valence-electron chi connectivity index (χ3n) is 23.7. The zero-order valence-electron chi connectivity index (χ0n) is 45.9. The Labute approximate surface area is 475 Å². The summed E-state index contributed by atoms with van der Waals surface area (Å²) in [7, 11) is 0. The highest BCUT2D eigenvalue weighted by Crippen LogP contribution is 2.64. The summed E-state index contributed by atoms with van der Waals surface area (Å²) in [6.45, 7) is 0. The molecule has 0 saturated heterocycles. The van der Waals surface area contributed by atoms with Gasteiger partial charge >= 0.3 is 0 Å². The van der Waals surface area contributed by atoms with Gasteiger partial charge in [-0.1, -0.05) is 60.7 Å². The van der Waals surface area contributed by atoms with E-state index >= 15 is 0 Å². The van der Waals surface area contributed by atoms with E-state index in [9.17, 15) is 21.0 Å². The molecule has 0 atom stereocenters. The van der Waals surface area contributed by atoms with Crippen LogP contribution >= 0.6 is 0 Å². The van der Waals surface area contributed by atoms with E-state index in [1.807, 2.05) is 0 Å². The minimum Gasteiger partial charge on any atom is -0.308 e. The van der Waals surface area contributed by atoms with Crippen LogP contribution in [0.1, 0.15) is 217 Å². The first-order valence-electron chi connectivity index (χ1n) is 31.1. The van der Waals surface area contributed by atoms with Crippen LogP contribution < -0.4 is 0 Å². The van der Waals surface area contributed by atoms with Crippen molar-refractivity contribution in [2.24, 2.45) is 0 Å². The van der Waals surface area contributed by atoms with E-state index in [2.05, 4.69) is 130 Å². The fraction of sp³-hybridized carbons (Fsp3) is 0.316. The summed E-state index contributed by atoms with van der Waals surface area (Å²) in [5, 5.41) is 55.5. The number of rotatable bonds is 3. The van der Waals surface area contributed by atoms with Gasteiger partial charge in [0.15, 0.2) is 0 Å². The molecule has 8 aromatic carbocycles.